The molecule has 0 amide bonds. The van der Waals surface area contributed by atoms with Crippen LogP contribution in [0.3, 0.4) is 0 Å². The van der Waals surface area contributed by atoms with Gasteiger partial charge in [-0.25, -0.2) is 8.42 Å². The molecule has 0 N–H and O–H groups in total. The molecule has 2 aliphatic heterocycles. The molecule has 2 aliphatic rings. The van der Waals surface area contributed by atoms with Gasteiger partial charge in [-0.05, 0) is 38.8 Å². The van der Waals surface area contributed by atoms with E-state index in [1.54, 1.807) is 22.5 Å². The Kier molecular flexibility index (Phi) is 3.84. The van der Waals surface area contributed by atoms with Crippen LogP contribution >= 0.6 is 0 Å². The molecule has 2 heterocycles. The Morgan fingerprint density at radius 2 is 1.67 bits per heavy atom. The summed E-state index contributed by atoms with van der Waals surface area (Å²) in [6, 6.07) is 4.94. The van der Waals surface area contributed by atoms with Crippen LogP contribution in [0.25, 0.3) is 0 Å². The summed E-state index contributed by atoms with van der Waals surface area (Å²) in [6.07, 6.45) is 2.90. The molecule has 3 rings (SSSR count). The molecule has 1 aromatic carbocycles. The number of sulfonamides is 1. The van der Waals surface area contributed by atoms with Crippen LogP contribution in [0.15, 0.2) is 23.1 Å². The minimum absolute atomic E-state index is 0.0342. The predicted molar refractivity (Wildman–Crippen MR) is 79.2 cm³/mol. The van der Waals surface area contributed by atoms with E-state index in [0.717, 1.165) is 19.3 Å². The zero-order chi connectivity index (χ0) is 15.0. The van der Waals surface area contributed by atoms with Crippen LogP contribution in [0.5, 0.6) is 11.5 Å². The van der Waals surface area contributed by atoms with E-state index in [9.17, 15) is 8.42 Å². The summed E-state index contributed by atoms with van der Waals surface area (Å²) in [5.74, 6) is 1.12. The molecule has 21 heavy (non-hydrogen) atoms. The zero-order valence-corrected chi connectivity index (χ0v) is 13.2. The number of nitrogens with zero attached hydrogens (tertiary/aromatic N) is 1. The van der Waals surface area contributed by atoms with Crippen molar-refractivity contribution in [3.63, 3.8) is 0 Å². The molecule has 0 saturated carbocycles. The highest BCUT2D eigenvalue weighted by Crippen LogP contribution is 2.35. The molecule has 6 heteroatoms. The summed E-state index contributed by atoms with van der Waals surface area (Å²) >= 11 is 0. The van der Waals surface area contributed by atoms with Crippen LogP contribution in [-0.2, 0) is 10.0 Å². The molecule has 0 aliphatic carbocycles. The first kappa shape index (κ1) is 14.7. The highest BCUT2D eigenvalue weighted by Gasteiger charge is 2.36. The van der Waals surface area contributed by atoms with E-state index in [4.69, 9.17) is 9.47 Å². The molecule has 1 aromatic rings. The standard InChI is InChI=1S/C15H21NO4S/c1-11-4-3-5-12(2)16(11)21(17,18)13-6-7-14-15(10-13)20-9-8-19-14/h6-7,10-12H,3-5,8-9H2,1-2H3/t11-,12-/m1/s1. The van der Waals surface area contributed by atoms with Crippen molar-refractivity contribution in [3.8, 4) is 11.5 Å². The highest BCUT2D eigenvalue weighted by molar-refractivity contribution is 7.89. The van der Waals surface area contributed by atoms with E-state index in [0.29, 0.717) is 24.7 Å². The Bertz CT molecular complexity index is 619. The van der Waals surface area contributed by atoms with E-state index in [2.05, 4.69) is 0 Å². The molecular weight excluding hydrogens is 290 g/mol. The summed E-state index contributed by atoms with van der Waals surface area (Å²) < 4.78 is 38.4. The van der Waals surface area contributed by atoms with E-state index in [1.807, 2.05) is 13.8 Å². The van der Waals surface area contributed by atoms with Gasteiger partial charge in [0.15, 0.2) is 11.5 Å². The topological polar surface area (TPSA) is 55.8 Å². The lowest BCUT2D eigenvalue weighted by atomic mass is 10.0. The fourth-order valence-corrected chi connectivity index (χ4v) is 5.08. The van der Waals surface area contributed by atoms with E-state index in [-0.39, 0.29) is 17.0 Å². The number of ether oxygens (including phenoxy) is 2. The van der Waals surface area contributed by atoms with Crippen LogP contribution in [0.4, 0.5) is 0 Å². The quantitative estimate of drug-likeness (QED) is 0.841. The van der Waals surface area contributed by atoms with Crippen LogP contribution in [0.1, 0.15) is 33.1 Å². The lowest BCUT2D eigenvalue weighted by Crippen LogP contribution is -2.47. The minimum Gasteiger partial charge on any atom is -0.486 e. The molecule has 0 radical (unpaired) electrons. The Hall–Kier alpha value is -1.27. The van der Waals surface area contributed by atoms with Gasteiger partial charge in [0.1, 0.15) is 13.2 Å². The van der Waals surface area contributed by atoms with Crippen molar-refractivity contribution in [2.75, 3.05) is 13.2 Å². The number of fused-ring (bicyclic) bond motifs is 1. The highest BCUT2D eigenvalue weighted by atomic mass is 32.2. The van der Waals surface area contributed by atoms with Crippen LogP contribution < -0.4 is 9.47 Å². The van der Waals surface area contributed by atoms with Crippen molar-refractivity contribution < 1.29 is 17.9 Å². The smallest absolute Gasteiger partial charge is 0.243 e. The summed E-state index contributed by atoms with van der Waals surface area (Å²) in [6.45, 7) is 4.91. The average molecular weight is 311 g/mol. The third kappa shape index (κ3) is 2.62. The van der Waals surface area contributed by atoms with Gasteiger partial charge in [-0.2, -0.15) is 4.31 Å². The molecule has 0 bridgehead atoms. The van der Waals surface area contributed by atoms with Gasteiger partial charge in [0.05, 0.1) is 4.90 Å². The van der Waals surface area contributed by atoms with Crippen molar-refractivity contribution in [2.24, 2.45) is 0 Å². The molecule has 116 valence electrons. The lowest BCUT2D eigenvalue weighted by Gasteiger charge is -2.37. The van der Waals surface area contributed by atoms with Gasteiger partial charge in [0.25, 0.3) is 0 Å². The van der Waals surface area contributed by atoms with E-state index < -0.39 is 10.0 Å². The van der Waals surface area contributed by atoms with Crippen LogP contribution in [0.2, 0.25) is 0 Å². The third-order valence-electron chi connectivity index (χ3n) is 4.20. The first-order valence-corrected chi connectivity index (χ1v) is 8.87. The van der Waals surface area contributed by atoms with Crippen LogP contribution in [0, 0.1) is 0 Å². The summed E-state index contributed by atoms with van der Waals surface area (Å²) in [5.41, 5.74) is 0. The number of hydrogen-bond donors (Lipinski definition) is 0. The molecule has 0 spiro atoms. The fourth-order valence-electron chi connectivity index (χ4n) is 3.18. The SMILES string of the molecule is C[C@@H]1CCC[C@@H](C)N1S(=O)(=O)c1ccc2c(c1)OCCO2. The maximum atomic E-state index is 12.9. The van der Waals surface area contributed by atoms with Gasteiger partial charge in [-0.1, -0.05) is 6.42 Å². The number of rotatable bonds is 2. The predicted octanol–water partition coefficient (Wildman–Crippen LogP) is 2.41. The second-order valence-corrected chi connectivity index (χ2v) is 7.61. The first-order chi connectivity index (χ1) is 10.00. The van der Waals surface area contributed by atoms with Gasteiger partial charge in [-0.3, -0.25) is 0 Å². The molecule has 0 unspecified atom stereocenters. The summed E-state index contributed by atoms with van der Waals surface area (Å²) in [5, 5.41) is 0. The number of hydrogen-bond acceptors (Lipinski definition) is 4. The Morgan fingerprint density at radius 1 is 1.05 bits per heavy atom. The third-order valence-corrected chi connectivity index (χ3v) is 6.33. The average Bonchev–Trinajstić information content (AvgIpc) is 2.46. The normalized spacial score (nSPS) is 26.6. The summed E-state index contributed by atoms with van der Waals surface area (Å²) in [4.78, 5) is 0.285. The first-order valence-electron chi connectivity index (χ1n) is 7.43. The lowest BCUT2D eigenvalue weighted by molar-refractivity contribution is 0.170. The maximum absolute atomic E-state index is 12.9. The van der Waals surface area contributed by atoms with Gasteiger partial charge >= 0.3 is 0 Å². The molecule has 0 aromatic heterocycles. The van der Waals surface area contributed by atoms with Crippen molar-refractivity contribution in [2.45, 2.75) is 50.1 Å². The monoisotopic (exact) mass is 311 g/mol. The molecule has 1 saturated heterocycles. The molecule has 2 atom stereocenters. The second-order valence-electron chi connectivity index (χ2n) is 5.77. The Labute approximate surface area is 125 Å². The van der Waals surface area contributed by atoms with Gasteiger partial charge < -0.3 is 9.47 Å². The van der Waals surface area contributed by atoms with E-state index in [1.165, 1.54) is 0 Å². The molecular formula is C15H21NO4S. The minimum atomic E-state index is -3.50. The van der Waals surface area contributed by atoms with Gasteiger partial charge in [-0.15, -0.1) is 0 Å². The zero-order valence-electron chi connectivity index (χ0n) is 12.4. The fraction of sp³-hybridized carbons (Fsp3) is 0.600. The van der Waals surface area contributed by atoms with E-state index >= 15 is 0 Å². The second kappa shape index (κ2) is 5.50. The van der Waals surface area contributed by atoms with Crippen molar-refractivity contribution >= 4 is 10.0 Å². The largest absolute Gasteiger partial charge is 0.486 e. The van der Waals surface area contributed by atoms with Crippen molar-refractivity contribution in [1.29, 1.82) is 0 Å². The summed E-state index contributed by atoms with van der Waals surface area (Å²) in [7, 11) is -3.50. The number of piperidine rings is 1. The number of benzene rings is 1. The van der Waals surface area contributed by atoms with Crippen molar-refractivity contribution in [3.05, 3.63) is 18.2 Å². The van der Waals surface area contributed by atoms with Gasteiger partial charge in [0, 0.05) is 18.2 Å². The van der Waals surface area contributed by atoms with Crippen LogP contribution in [-0.4, -0.2) is 38.0 Å². The molecule has 1 fully saturated rings. The van der Waals surface area contributed by atoms with Gasteiger partial charge in [0.2, 0.25) is 10.0 Å². The van der Waals surface area contributed by atoms with Crippen molar-refractivity contribution in [1.82, 2.24) is 4.31 Å². The molecule has 5 nitrogen and oxygen atoms in total. The maximum Gasteiger partial charge on any atom is 0.243 e. The Balaban J connectivity index is 1.97. The Morgan fingerprint density at radius 3 is 2.33 bits per heavy atom.